The first-order chi connectivity index (χ1) is 16.3. The van der Waals surface area contributed by atoms with Crippen molar-refractivity contribution in [1.82, 2.24) is 5.32 Å². The molecule has 3 atom stereocenters. The molecule has 0 radical (unpaired) electrons. The highest BCUT2D eigenvalue weighted by atomic mass is 35.5. The molecule has 1 saturated heterocycles. The van der Waals surface area contributed by atoms with Crippen molar-refractivity contribution in [3.63, 3.8) is 0 Å². The Labute approximate surface area is 203 Å². The Kier molecular flexibility index (Phi) is 7.91. The van der Waals surface area contributed by atoms with Crippen LogP contribution in [0.3, 0.4) is 0 Å². The maximum Gasteiger partial charge on any atom is 0.416 e. The number of piperidine rings is 1. The number of urea groups is 1. The van der Waals surface area contributed by atoms with Gasteiger partial charge in [0.15, 0.2) is 0 Å². The molecular weight excluding hydrogens is 463 g/mol. The Bertz CT molecular complexity index is 949. The van der Waals surface area contributed by atoms with Crippen LogP contribution in [0.25, 0.3) is 0 Å². The lowest BCUT2D eigenvalue weighted by molar-refractivity contribution is -0.137. The predicted octanol–water partition coefficient (Wildman–Crippen LogP) is 7.35. The van der Waals surface area contributed by atoms with Gasteiger partial charge in [0.2, 0.25) is 0 Å². The first-order valence-corrected chi connectivity index (χ1v) is 12.4. The molecule has 1 saturated carbocycles. The molecule has 2 amide bonds. The third kappa shape index (κ3) is 6.59. The molecule has 2 fully saturated rings. The largest absolute Gasteiger partial charge is 0.416 e. The van der Waals surface area contributed by atoms with E-state index < -0.39 is 11.7 Å². The van der Waals surface area contributed by atoms with Crippen LogP contribution in [-0.4, -0.2) is 25.2 Å². The Morgan fingerprint density at radius 1 is 0.971 bits per heavy atom. The smallest absolute Gasteiger partial charge is 0.371 e. The summed E-state index contributed by atoms with van der Waals surface area (Å²) in [6.07, 6.45) is 3.15. The van der Waals surface area contributed by atoms with Crippen LogP contribution in [-0.2, 0) is 6.18 Å². The quantitative estimate of drug-likeness (QED) is 0.457. The number of carbonyl (C=O) groups excluding carboxylic acids is 1. The van der Waals surface area contributed by atoms with Gasteiger partial charge in [0.25, 0.3) is 0 Å². The first-order valence-electron chi connectivity index (χ1n) is 12.0. The first kappa shape index (κ1) is 24.7. The van der Waals surface area contributed by atoms with Gasteiger partial charge in [-0.2, -0.15) is 13.2 Å². The van der Waals surface area contributed by atoms with E-state index in [0.717, 1.165) is 63.7 Å². The second-order valence-corrected chi connectivity index (χ2v) is 9.93. The van der Waals surface area contributed by atoms with Gasteiger partial charge < -0.3 is 15.5 Å². The van der Waals surface area contributed by atoms with Crippen molar-refractivity contribution < 1.29 is 18.0 Å². The predicted molar refractivity (Wildman–Crippen MR) is 130 cm³/mol. The Morgan fingerprint density at radius 3 is 2.38 bits per heavy atom. The number of alkyl halides is 3. The molecule has 4 nitrogen and oxygen atoms in total. The van der Waals surface area contributed by atoms with E-state index in [1.165, 1.54) is 12.1 Å². The van der Waals surface area contributed by atoms with Crippen LogP contribution in [0.5, 0.6) is 0 Å². The highest BCUT2D eigenvalue weighted by Crippen LogP contribution is 2.35. The molecule has 184 valence electrons. The number of hydrogen-bond acceptors (Lipinski definition) is 2. The molecule has 2 aromatic rings. The van der Waals surface area contributed by atoms with E-state index in [4.69, 9.17) is 11.6 Å². The fraction of sp³-hybridized carbons (Fsp3) is 0.500. The lowest BCUT2D eigenvalue weighted by Crippen LogP contribution is -2.45. The third-order valence-electron chi connectivity index (χ3n) is 7.04. The van der Waals surface area contributed by atoms with Crippen molar-refractivity contribution in [2.24, 2.45) is 11.8 Å². The summed E-state index contributed by atoms with van der Waals surface area (Å²) in [6, 6.07) is 12.5. The lowest BCUT2D eigenvalue weighted by atomic mass is 9.77. The average Bonchev–Trinajstić information content (AvgIpc) is 2.82. The van der Waals surface area contributed by atoms with E-state index in [1.54, 1.807) is 36.4 Å². The zero-order valence-corrected chi connectivity index (χ0v) is 19.8. The van der Waals surface area contributed by atoms with Gasteiger partial charge in [-0.3, -0.25) is 0 Å². The highest BCUT2D eigenvalue weighted by Gasteiger charge is 2.32. The van der Waals surface area contributed by atoms with Crippen LogP contribution in [0.2, 0.25) is 5.02 Å². The second kappa shape index (κ2) is 10.9. The van der Waals surface area contributed by atoms with Crippen LogP contribution in [0.15, 0.2) is 48.5 Å². The van der Waals surface area contributed by atoms with Crippen molar-refractivity contribution in [2.75, 3.05) is 23.3 Å². The highest BCUT2D eigenvalue weighted by molar-refractivity contribution is 6.30. The fourth-order valence-electron chi connectivity index (χ4n) is 5.33. The summed E-state index contributed by atoms with van der Waals surface area (Å²) < 4.78 is 38.7. The number of anilines is 2. The molecule has 0 unspecified atom stereocenters. The van der Waals surface area contributed by atoms with Crippen LogP contribution in [0.4, 0.5) is 29.3 Å². The van der Waals surface area contributed by atoms with Gasteiger partial charge in [0.05, 0.1) is 5.56 Å². The van der Waals surface area contributed by atoms with Gasteiger partial charge in [-0.1, -0.05) is 24.4 Å². The van der Waals surface area contributed by atoms with E-state index in [-0.39, 0.29) is 12.1 Å². The molecule has 1 aliphatic carbocycles. The number of nitrogens with one attached hydrogen (secondary N) is 2. The van der Waals surface area contributed by atoms with Crippen molar-refractivity contribution in [3.05, 3.63) is 59.1 Å². The zero-order chi connectivity index (χ0) is 24.1. The van der Waals surface area contributed by atoms with Gasteiger partial charge in [-0.25, -0.2) is 4.79 Å². The second-order valence-electron chi connectivity index (χ2n) is 9.49. The number of carbonyl (C=O) groups is 1. The SMILES string of the molecule is O=C(Nc1ccc(Cl)cc1)N[C@@H]1CCCC[C@H]1C[C@H]1CCCN(c2ccc(C(F)(F)F)cc2)C1. The van der Waals surface area contributed by atoms with Crippen LogP contribution in [0, 0.1) is 11.8 Å². The average molecular weight is 494 g/mol. The summed E-state index contributed by atoms with van der Waals surface area (Å²) in [7, 11) is 0. The van der Waals surface area contributed by atoms with Crippen LogP contribution < -0.4 is 15.5 Å². The van der Waals surface area contributed by atoms with E-state index in [1.807, 2.05) is 0 Å². The Hall–Kier alpha value is -2.41. The van der Waals surface area contributed by atoms with Crippen molar-refractivity contribution in [3.8, 4) is 0 Å². The molecule has 1 heterocycles. The zero-order valence-electron chi connectivity index (χ0n) is 19.1. The minimum absolute atomic E-state index is 0.127. The maximum atomic E-state index is 12.9. The normalized spacial score (nSPS) is 23.4. The number of benzene rings is 2. The minimum Gasteiger partial charge on any atom is -0.371 e. The summed E-state index contributed by atoms with van der Waals surface area (Å²) in [4.78, 5) is 14.8. The topological polar surface area (TPSA) is 44.4 Å². The van der Waals surface area contributed by atoms with Gasteiger partial charge in [-0.15, -0.1) is 0 Å². The summed E-state index contributed by atoms with van der Waals surface area (Å²) >= 11 is 5.91. The molecule has 8 heteroatoms. The molecule has 2 aliphatic rings. The molecule has 1 aliphatic heterocycles. The number of amides is 2. The molecule has 2 aromatic carbocycles. The van der Waals surface area contributed by atoms with Gasteiger partial charge in [-0.05, 0) is 92.5 Å². The van der Waals surface area contributed by atoms with Crippen molar-refractivity contribution in [2.45, 2.75) is 57.2 Å². The van der Waals surface area contributed by atoms with E-state index in [0.29, 0.717) is 22.5 Å². The summed E-state index contributed by atoms with van der Waals surface area (Å²) in [5.41, 5.74) is 0.935. The summed E-state index contributed by atoms with van der Waals surface area (Å²) in [6.45, 7) is 1.70. The van der Waals surface area contributed by atoms with Gasteiger partial charge >= 0.3 is 12.2 Å². The molecule has 34 heavy (non-hydrogen) atoms. The molecule has 0 bridgehead atoms. The van der Waals surface area contributed by atoms with Gasteiger partial charge in [0.1, 0.15) is 0 Å². The van der Waals surface area contributed by atoms with E-state index >= 15 is 0 Å². The molecule has 0 aromatic heterocycles. The lowest BCUT2D eigenvalue weighted by Gasteiger charge is -2.39. The van der Waals surface area contributed by atoms with Crippen molar-refractivity contribution in [1.29, 1.82) is 0 Å². The van der Waals surface area contributed by atoms with Crippen molar-refractivity contribution >= 4 is 29.0 Å². The Morgan fingerprint density at radius 2 is 1.68 bits per heavy atom. The van der Waals surface area contributed by atoms with Crippen LogP contribution in [0.1, 0.15) is 50.5 Å². The fourth-order valence-corrected chi connectivity index (χ4v) is 5.46. The molecule has 4 rings (SSSR count). The summed E-state index contributed by atoms with van der Waals surface area (Å²) in [5.74, 6) is 0.866. The number of hydrogen-bond donors (Lipinski definition) is 2. The Balaban J connectivity index is 1.33. The number of halogens is 4. The molecular formula is C26H31ClF3N3O. The van der Waals surface area contributed by atoms with Gasteiger partial charge in [0, 0.05) is 35.5 Å². The molecule has 2 N–H and O–H groups in total. The summed E-state index contributed by atoms with van der Waals surface area (Å²) in [5, 5.41) is 6.69. The third-order valence-corrected chi connectivity index (χ3v) is 7.29. The monoisotopic (exact) mass is 493 g/mol. The number of rotatable bonds is 5. The standard InChI is InChI=1S/C26H31ClF3N3O/c27-21-9-11-22(12-10-21)31-25(34)32-24-6-2-1-5-19(24)16-18-4-3-15-33(17-18)23-13-7-20(8-14-23)26(28,29)30/h7-14,18-19,24H,1-6,15-17H2,(H2,31,32,34)/t18-,19+,24-/m1/s1. The maximum absolute atomic E-state index is 12.9. The van der Waals surface area contributed by atoms with E-state index in [9.17, 15) is 18.0 Å². The number of nitrogens with zero attached hydrogens (tertiary/aromatic N) is 1. The molecule has 0 spiro atoms. The van der Waals surface area contributed by atoms with Crippen LogP contribution >= 0.6 is 11.6 Å². The minimum atomic E-state index is -4.31. The van der Waals surface area contributed by atoms with E-state index in [2.05, 4.69) is 15.5 Å².